The number of nitrogens with one attached hydrogen (secondary N) is 2. The number of amides is 4. The van der Waals surface area contributed by atoms with Crippen molar-refractivity contribution in [2.24, 2.45) is 5.92 Å². The fourth-order valence-corrected chi connectivity index (χ4v) is 2.82. The quantitative estimate of drug-likeness (QED) is 0.805. The Kier molecular flexibility index (Phi) is 4.88. The third-order valence-corrected chi connectivity index (χ3v) is 3.76. The summed E-state index contributed by atoms with van der Waals surface area (Å²) in [6.07, 6.45) is 0.505. The molecule has 0 aliphatic carbocycles. The van der Waals surface area contributed by atoms with Crippen LogP contribution >= 0.6 is 0 Å². The molecule has 1 aliphatic heterocycles. The zero-order chi connectivity index (χ0) is 17.9. The fraction of sp³-hybridized carbons (Fsp3) is 0.412. The summed E-state index contributed by atoms with van der Waals surface area (Å²) >= 11 is 0. The van der Waals surface area contributed by atoms with E-state index in [0.29, 0.717) is 17.7 Å². The third kappa shape index (κ3) is 3.71. The summed E-state index contributed by atoms with van der Waals surface area (Å²) in [5, 5.41) is 14.0. The monoisotopic (exact) mass is 328 g/mol. The molecule has 24 heavy (non-hydrogen) atoms. The van der Waals surface area contributed by atoms with E-state index in [0.717, 1.165) is 4.90 Å². The molecule has 126 valence electrons. The van der Waals surface area contributed by atoms with E-state index < -0.39 is 23.4 Å². The number of hydrogen-bond donors (Lipinski definition) is 2. The van der Waals surface area contributed by atoms with Gasteiger partial charge in [-0.1, -0.05) is 13.8 Å². The summed E-state index contributed by atoms with van der Waals surface area (Å²) < 4.78 is 0. The van der Waals surface area contributed by atoms with E-state index >= 15 is 0 Å². The molecule has 1 aromatic carbocycles. The van der Waals surface area contributed by atoms with Crippen LogP contribution in [0.5, 0.6) is 0 Å². The number of urea groups is 1. The van der Waals surface area contributed by atoms with Gasteiger partial charge in [-0.2, -0.15) is 5.26 Å². The van der Waals surface area contributed by atoms with Crippen molar-refractivity contribution >= 4 is 23.5 Å². The normalized spacial score (nSPS) is 20.0. The van der Waals surface area contributed by atoms with Gasteiger partial charge in [0.1, 0.15) is 12.1 Å². The van der Waals surface area contributed by atoms with Crippen LogP contribution in [0.25, 0.3) is 0 Å². The Morgan fingerprint density at radius 2 is 1.96 bits per heavy atom. The van der Waals surface area contributed by atoms with Crippen molar-refractivity contribution in [3.8, 4) is 6.07 Å². The predicted octanol–water partition coefficient (Wildman–Crippen LogP) is 1.85. The van der Waals surface area contributed by atoms with Gasteiger partial charge in [-0.05, 0) is 43.5 Å². The molecule has 7 heteroatoms. The summed E-state index contributed by atoms with van der Waals surface area (Å²) in [6, 6.07) is 7.75. The second-order valence-electron chi connectivity index (χ2n) is 6.49. The Bertz CT molecular complexity index is 706. The lowest BCUT2D eigenvalue weighted by molar-refractivity contribution is -0.133. The Morgan fingerprint density at radius 3 is 2.50 bits per heavy atom. The maximum absolute atomic E-state index is 12.5. The highest BCUT2D eigenvalue weighted by Crippen LogP contribution is 2.24. The highest BCUT2D eigenvalue weighted by Gasteiger charge is 2.48. The Balaban J connectivity index is 2.02. The van der Waals surface area contributed by atoms with Crippen LogP contribution in [0.2, 0.25) is 0 Å². The van der Waals surface area contributed by atoms with Crippen LogP contribution in [0, 0.1) is 17.2 Å². The zero-order valence-corrected chi connectivity index (χ0v) is 13.9. The van der Waals surface area contributed by atoms with Crippen LogP contribution in [-0.4, -0.2) is 34.8 Å². The largest absolute Gasteiger partial charge is 0.325 e. The van der Waals surface area contributed by atoms with E-state index in [1.54, 1.807) is 31.2 Å². The summed E-state index contributed by atoms with van der Waals surface area (Å²) in [5.41, 5.74) is 0.00233. The van der Waals surface area contributed by atoms with Gasteiger partial charge in [0.25, 0.3) is 5.91 Å². The van der Waals surface area contributed by atoms with Crippen molar-refractivity contribution in [2.45, 2.75) is 32.7 Å². The number of hydrogen-bond acceptors (Lipinski definition) is 4. The van der Waals surface area contributed by atoms with Crippen molar-refractivity contribution in [1.29, 1.82) is 5.26 Å². The topological polar surface area (TPSA) is 102 Å². The number of benzene rings is 1. The second kappa shape index (κ2) is 6.71. The van der Waals surface area contributed by atoms with Crippen LogP contribution in [0.4, 0.5) is 10.5 Å². The first-order chi connectivity index (χ1) is 11.2. The maximum atomic E-state index is 12.5. The number of rotatable bonds is 5. The minimum Gasteiger partial charge on any atom is -0.325 e. The first-order valence-corrected chi connectivity index (χ1v) is 7.69. The highest BCUT2D eigenvalue weighted by atomic mass is 16.2. The lowest BCUT2D eigenvalue weighted by atomic mass is 9.91. The van der Waals surface area contributed by atoms with Gasteiger partial charge in [-0.15, -0.1) is 0 Å². The highest BCUT2D eigenvalue weighted by molar-refractivity contribution is 6.09. The number of carbonyl (C=O) groups excluding carboxylic acids is 3. The van der Waals surface area contributed by atoms with Gasteiger partial charge in [0.15, 0.2) is 0 Å². The average Bonchev–Trinajstić information content (AvgIpc) is 2.70. The molecule has 1 unspecified atom stereocenters. The van der Waals surface area contributed by atoms with Crippen molar-refractivity contribution in [3.05, 3.63) is 29.8 Å². The Labute approximate surface area is 140 Å². The summed E-state index contributed by atoms with van der Waals surface area (Å²) in [4.78, 5) is 37.5. The molecular formula is C17H20N4O3. The SMILES string of the molecule is CC(C)CC1(C)NC(=O)N(CC(=O)Nc2ccc(C#N)cc2)C1=O. The number of nitrogens with zero attached hydrogens (tertiary/aromatic N) is 2. The lowest BCUT2D eigenvalue weighted by Crippen LogP contribution is -2.45. The minimum atomic E-state index is -0.972. The summed E-state index contributed by atoms with van der Waals surface area (Å²) in [6.45, 7) is 5.25. The number of anilines is 1. The third-order valence-electron chi connectivity index (χ3n) is 3.76. The van der Waals surface area contributed by atoms with Crippen molar-refractivity contribution in [2.75, 3.05) is 11.9 Å². The van der Waals surface area contributed by atoms with Crippen LogP contribution in [0.15, 0.2) is 24.3 Å². The van der Waals surface area contributed by atoms with E-state index in [9.17, 15) is 14.4 Å². The van der Waals surface area contributed by atoms with Crippen LogP contribution in [-0.2, 0) is 9.59 Å². The number of imide groups is 1. The molecular weight excluding hydrogens is 308 g/mol. The molecule has 2 N–H and O–H groups in total. The fourth-order valence-electron chi connectivity index (χ4n) is 2.82. The van der Waals surface area contributed by atoms with Crippen molar-refractivity contribution in [3.63, 3.8) is 0 Å². The Hall–Kier alpha value is -2.88. The molecule has 4 amide bonds. The van der Waals surface area contributed by atoms with E-state index in [-0.39, 0.29) is 12.5 Å². The maximum Gasteiger partial charge on any atom is 0.325 e. The van der Waals surface area contributed by atoms with Crippen LogP contribution in [0.1, 0.15) is 32.8 Å². The van der Waals surface area contributed by atoms with Gasteiger partial charge in [0.2, 0.25) is 5.91 Å². The molecule has 0 radical (unpaired) electrons. The van der Waals surface area contributed by atoms with Gasteiger partial charge >= 0.3 is 6.03 Å². The molecule has 1 heterocycles. The molecule has 2 rings (SSSR count). The molecule has 0 bridgehead atoms. The van der Waals surface area contributed by atoms with Gasteiger partial charge in [-0.3, -0.25) is 14.5 Å². The molecule has 7 nitrogen and oxygen atoms in total. The van der Waals surface area contributed by atoms with Gasteiger partial charge in [0.05, 0.1) is 11.6 Å². The van der Waals surface area contributed by atoms with E-state index in [2.05, 4.69) is 10.6 Å². The van der Waals surface area contributed by atoms with Crippen molar-refractivity contribution in [1.82, 2.24) is 10.2 Å². The molecule has 1 atom stereocenters. The first kappa shape index (κ1) is 17.5. The predicted molar refractivity (Wildman–Crippen MR) is 87.9 cm³/mol. The zero-order valence-electron chi connectivity index (χ0n) is 13.9. The first-order valence-electron chi connectivity index (χ1n) is 7.69. The molecule has 1 aliphatic rings. The molecule has 1 fully saturated rings. The van der Waals surface area contributed by atoms with E-state index in [1.807, 2.05) is 19.9 Å². The molecule has 1 saturated heterocycles. The number of nitriles is 1. The molecule has 0 saturated carbocycles. The van der Waals surface area contributed by atoms with Gasteiger partial charge in [0, 0.05) is 5.69 Å². The van der Waals surface area contributed by atoms with Gasteiger partial charge < -0.3 is 10.6 Å². The van der Waals surface area contributed by atoms with Crippen LogP contribution in [0.3, 0.4) is 0 Å². The molecule has 0 spiro atoms. The summed E-state index contributed by atoms with van der Waals surface area (Å²) in [7, 11) is 0. The van der Waals surface area contributed by atoms with Crippen molar-refractivity contribution < 1.29 is 14.4 Å². The second-order valence-corrected chi connectivity index (χ2v) is 6.49. The van der Waals surface area contributed by atoms with E-state index in [1.165, 1.54) is 0 Å². The minimum absolute atomic E-state index is 0.228. The average molecular weight is 328 g/mol. The summed E-state index contributed by atoms with van der Waals surface area (Å²) in [5.74, 6) is -0.639. The Morgan fingerprint density at radius 1 is 1.33 bits per heavy atom. The smallest absolute Gasteiger partial charge is 0.325 e. The lowest BCUT2D eigenvalue weighted by Gasteiger charge is -2.23. The molecule has 0 aromatic heterocycles. The number of carbonyl (C=O) groups is 3. The van der Waals surface area contributed by atoms with E-state index in [4.69, 9.17) is 5.26 Å². The standard InChI is InChI=1S/C17H20N4O3/c1-11(2)8-17(3)15(23)21(16(24)20-17)10-14(22)19-13-6-4-12(9-18)5-7-13/h4-7,11H,8,10H2,1-3H3,(H,19,22)(H,20,24). The van der Waals surface area contributed by atoms with Crippen LogP contribution < -0.4 is 10.6 Å². The molecule has 1 aromatic rings. The van der Waals surface area contributed by atoms with Gasteiger partial charge in [-0.25, -0.2) is 4.79 Å².